The van der Waals surface area contributed by atoms with Gasteiger partial charge < -0.3 is 10.2 Å². The van der Waals surface area contributed by atoms with Crippen molar-refractivity contribution < 1.29 is 0 Å². The van der Waals surface area contributed by atoms with E-state index in [0.717, 1.165) is 36.8 Å². The van der Waals surface area contributed by atoms with Crippen molar-refractivity contribution in [1.82, 2.24) is 15.3 Å². The number of aromatic nitrogens is 2. The molecule has 0 unspecified atom stereocenters. The first-order valence-electron chi connectivity index (χ1n) is 5.31. The first-order valence-corrected chi connectivity index (χ1v) is 5.31. The van der Waals surface area contributed by atoms with E-state index in [-0.39, 0.29) is 0 Å². The fourth-order valence-electron chi connectivity index (χ4n) is 1.47. The third-order valence-corrected chi connectivity index (χ3v) is 2.23. The van der Waals surface area contributed by atoms with E-state index >= 15 is 0 Å². The number of hydrogen-bond donors (Lipinski definition) is 1. The molecule has 1 heterocycles. The standard InChI is InChI=1S/C11H20N4/c1-9-8-10(2)14-11(13-9)15(4)7-5-6-12-3/h8,12H,5-7H2,1-4H3. The molecule has 1 rings (SSSR count). The molecule has 0 saturated heterocycles. The lowest BCUT2D eigenvalue weighted by Crippen LogP contribution is -2.24. The summed E-state index contributed by atoms with van der Waals surface area (Å²) in [7, 11) is 4.00. The topological polar surface area (TPSA) is 41.0 Å². The van der Waals surface area contributed by atoms with Crippen molar-refractivity contribution in [2.45, 2.75) is 20.3 Å². The van der Waals surface area contributed by atoms with Crippen LogP contribution in [0.2, 0.25) is 0 Å². The molecule has 4 heteroatoms. The first kappa shape index (κ1) is 11.9. The monoisotopic (exact) mass is 208 g/mol. The molecule has 0 atom stereocenters. The molecule has 0 aliphatic heterocycles. The fourth-order valence-corrected chi connectivity index (χ4v) is 1.47. The van der Waals surface area contributed by atoms with E-state index in [0.29, 0.717) is 0 Å². The van der Waals surface area contributed by atoms with Crippen LogP contribution in [0.1, 0.15) is 17.8 Å². The Morgan fingerprint density at radius 1 is 1.27 bits per heavy atom. The molecule has 0 radical (unpaired) electrons. The molecule has 0 bridgehead atoms. The highest BCUT2D eigenvalue weighted by atomic mass is 15.2. The lowest BCUT2D eigenvalue weighted by atomic mass is 10.3. The van der Waals surface area contributed by atoms with E-state index < -0.39 is 0 Å². The Morgan fingerprint density at radius 2 is 1.87 bits per heavy atom. The van der Waals surface area contributed by atoms with Crippen LogP contribution in [0.25, 0.3) is 0 Å². The predicted molar refractivity (Wildman–Crippen MR) is 63.3 cm³/mol. The summed E-state index contributed by atoms with van der Waals surface area (Å²) in [4.78, 5) is 10.9. The molecule has 15 heavy (non-hydrogen) atoms. The lowest BCUT2D eigenvalue weighted by molar-refractivity contribution is 0.702. The summed E-state index contributed by atoms with van der Waals surface area (Å²) in [6, 6.07) is 1.99. The molecule has 0 aliphatic carbocycles. The van der Waals surface area contributed by atoms with E-state index in [1.54, 1.807) is 0 Å². The maximum Gasteiger partial charge on any atom is 0.225 e. The number of nitrogens with one attached hydrogen (secondary N) is 1. The second-order valence-electron chi connectivity index (χ2n) is 3.83. The van der Waals surface area contributed by atoms with Crippen molar-refractivity contribution >= 4 is 5.95 Å². The largest absolute Gasteiger partial charge is 0.344 e. The SMILES string of the molecule is CNCCCN(C)c1nc(C)cc(C)n1. The number of nitrogens with zero attached hydrogens (tertiary/aromatic N) is 3. The molecule has 0 saturated carbocycles. The molecule has 0 aromatic carbocycles. The van der Waals surface area contributed by atoms with Crippen molar-refractivity contribution in [1.29, 1.82) is 0 Å². The molecule has 1 N–H and O–H groups in total. The van der Waals surface area contributed by atoms with Gasteiger partial charge in [-0.25, -0.2) is 9.97 Å². The Hall–Kier alpha value is -1.16. The highest BCUT2D eigenvalue weighted by Crippen LogP contribution is 2.08. The van der Waals surface area contributed by atoms with Gasteiger partial charge in [0.1, 0.15) is 0 Å². The molecule has 0 aliphatic rings. The van der Waals surface area contributed by atoms with E-state index in [1.807, 2.05) is 34.0 Å². The van der Waals surface area contributed by atoms with Gasteiger partial charge in [-0.05, 0) is 39.9 Å². The number of rotatable bonds is 5. The first-order chi connectivity index (χ1) is 7.13. The average Bonchev–Trinajstić information content (AvgIpc) is 2.16. The Kier molecular flexibility index (Phi) is 4.49. The zero-order valence-corrected chi connectivity index (χ0v) is 10.0. The summed E-state index contributed by atoms with van der Waals surface area (Å²) in [6.07, 6.45) is 1.10. The summed E-state index contributed by atoms with van der Waals surface area (Å²) in [5.74, 6) is 0.823. The second kappa shape index (κ2) is 5.66. The minimum Gasteiger partial charge on any atom is -0.344 e. The third kappa shape index (κ3) is 3.83. The molecule has 0 spiro atoms. The van der Waals surface area contributed by atoms with Gasteiger partial charge in [0.25, 0.3) is 0 Å². The van der Waals surface area contributed by atoms with Gasteiger partial charge in [-0.15, -0.1) is 0 Å². The molecule has 4 nitrogen and oxygen atoms in total. The highest BCUT2D eigenvalue weighted by molar-refractivity contribution is 5.30. The molecule has 1 aromatic heterocycles. The Morgan fingerprint density at radius 3 is 2.40 bits per heavy atom. The van der Waals surface area contributed by atoms with Crippen LogP contribution in [0.3, 0.4) is 0 Å². The smallest absolute Gasteiger partial charge is 0.225 e. The van der Waals surface area contributed by atoms with Gasteiger partial charge in [-0.3, -0.25) is 0 Å². The third-order valence-electron chi connectivity index (χ3n) is 2.23. The minimum atomic E-state index is 0.823. The van der Waals surface area contributed by atoms with Crippen molar-refractivity contribution in [2.24, 2.45) is 0 Å². The van der Waals surface area contributed by atoms with E-state index in [4.69, 9.17) is 0 Å². The van der Waals surface area contributed by atoms with Crippen molar-refractivity contribution in [3.8, 4) is 0 Å². The Labute approximate surface area is 91.7 Å². The van der Waals surface area contributed by atoms with Crippen LogP contribution in [0, 0.1) is 13.8 Å². The summed E-state index contributed by atoms with van der Waals surface area (Å²) >= 11 is 0. The van der Waals surface area contributed by atoms with Crippen molar-refractivity contribution in [2.75, 3.05) is 32.1 Å². The predicted octanol–water partition coefficient (Wildman–Crippen LogP) is 1.14. The van der Waals surface area contributed by atoms with E-state index in [2.05, 4.69) is 20.2 Å². The highest BCUT2D eigenvalue weighted by Gasteiger charge is 2.04. The Balaban J connectivity index is 2.60. The second-order valence-corrected chi connectivity index (χ2v) is 3.83. The quantitative estimate of drug-likeness (QED) is 0.737. The summed E-state index contributed by atoms with van der Waals surface area (Å²) in [6.45, 7) is 6.00. The molecule has 0 amide bonds. The van der Waals surface area contributed by atoms with Gasteiger partial charge in [-0.2, -0.15) is 0 Å². The fraction of sp³-hybridized carbons (Fsp3) is 0.636. The van der Waals surface area contributed by atoms with Gasteiger partial charge in [0, 0.05) is 25.0 Å². The zero-order valence-electron chi connectivity index (χ0n) is 10.0. The van der Waals surface area contributed by atoms with Crippen LogP contribution < -0.4 is 10.2 Å². The summed E-state index contributed by atoms with van der Waals surface area (Å²) in [5.41, 5.74) is 2.05. The molecule has 0 fully saturated rings. The normalized spacial score (nSPS) is 10.4. The maximum atomic E-state index is 4.41. The van der Waals surface area contributed by atoms with Crippen molar-refractivity contribution in [3.63, 3.8) is 0 Å². The number of aryl methyl sites for hydroxylation is 2. The van der Waals surface area contributed by atoms with Gasteiger partial charge in [-0.1, -0.05) is 0 Å². The minimum absolute atomic E-state index is 0.823. The van der Waals surface area contributed by atoms with Gasteiger partial charge in [0.15, 0.2) is 0 Å². The molecular formula is C11H20N4. The van der Waals surface area contributed by atoms with E-state index in [9.17, 15) is 0 Å². The summed E-state index contributed by atoms with van der Waals surface area (Å²) in [5, 5.41) is 3.13. The summed E-state index contributed by atoms with van der Waals surface area (Å²) < 4.78 is 0. The van der Waals surface area contributed by atoms with Gasteiger partial charge in [0.05, 0.1) is 0 Å². The molecule has 1 aromatic rings. The lowest BCUT2D eigenvalue weighted by Gasteiger charge is -2.17. The maximum absolute atomic E-state index is 4.41. The van der Waals surface area contributed by atoms with Crippen LogP contribution in [0.15, 0.2) is 6.07 Å². The van der Waals surface area contributed by atoms with E-state index in [1.165, 1.54) is 0 Å². The van der Waals surface area contributed by atoms with Crippen LogP contribution in [0.5, 0.6) is 0 Å². The zero-order chi connectivity index (χ0) is 11.3. The number of hydrogen-bond acceptors (Lipinski definition) is 4. The van der Waals surface area contributed by atoms with Gasteiger partial charge in [0.2, 0.25) is 5.95 Å². The van der Waals surface area contributed by atoms with Gasteiger partial charge >= 0.3 is 0 Å². The van der Waals surface area contributed by atoms with Crippen molar-refractivity contribution in [3.05, 3.63) is 17.5 Å². The van der Waals surface area contributed by atoms with Crippen LogP contribution in [-0.2, 0) is 0 Å². The average molecular weight is 208 g/mol. The number of anilines is 1. The van der Waals surface area contributed by atoms with Crippen LogP contribution in [-0.4, -0.2) is 37.2 Å². The van der Waals surface area contributed by atoms with Crippen LogP contribution >= 0.6 is 0 Å². The van der Waals surface area contributed by atoms with Crippen LogP contribution in [0.4, 0.5) is 5.95 Å². The molecular weight excluding hydrogens is 188 g/mol. The molecule has 84 valence electrons. The Bertz CT molecular complexity index is 291.